The number of hydrogen-bond acceptors (Lipinski definition) is 4. The lowest BCUT2D eigenvalue weighted by Gasteiger charge is -2.07. The van der Waals surface area contributed by atoms with Crippen molar-refractivity contribution in [2.45, 2.75) is 5.03 Å². The Morgan fingerprint density at radius 1 is 1.39 bits per heavy atom. The summed E-state index contributed by atoms with van der Waals surface area (Å²) < 4.78 is 27.6. The van der Waals surface area contributed by atoms with Gasteiger partial charge in [0.05, 0.1) is 11.2 Å². The zero-order valence-corrected chi connectivity index (χ0v) is 11.5. The van der Waals surface area contributed by atoms with Gasteiger partial charge in [0.15, 0.2) is 5.03 Å². The molecule has 0 aromatic carbocycles. The van der Waals surface area contributed by atoms with Crippen LogP contribution in [0.4, 0.5) is 5.82 Å². The van der Waals surface area contributed by atoms with Crippen molar-refractivity contribution in [2.75, 3.05) is 4.72 Å². The number of nitrogens with one attached hydrogen (secondary N) is 1. The topological polar surface area (TPSA) is 76.9 Å². The third-order valence-corrected chi connectivity index (χ3v) is 4.15. The Hall–Kier alpha value is -1.31. The first-order chi connectivity index (χ1) is 8.40. The molecule has 2 heterocycles. The van der Waals surface area contributed by atoms with Gasteiger partial charge in [-0.3, -0.25) is 9.40 Å². The summed E-state index contributed by atoms with van der Waals surface area (Å²) in [5.41, 5.74) is 0. The quantitative estimate of drug-likeness (QED) is 0.940. The molecule has 6 nitrogen and oxygen atoms in total. The minimum atomic E-state index is -3.85. The van der Waals surface area contributed by atoms with Crippen molar-refractivity contribution < 1.29 is 8.42 Å². The summed E-state index contributed by atoms with van der Waals surface area (Å²) in [4.78, 5) is 3.85. The van der Waals surface area contributed by atoms with Crippen LogP contribution in [-0.4, -0.2) is 23.2 Å². The van der Waals surface area contributed by atoms with Gasteiger partial charge in [-0.05, 0) is 6.07 Å². The van der Waals surface area contributed by atoms with Crippen molar-refractivity contribution in [3.05, 3.63) is 34.6 Å². The number of aryl methyl sites for hydroxylation is 1. The number of nitrogens with zero attached hydrogens (tertiary/aromatic N) is 3. The van der Waals surface area contributed by atoms with Crippen LogP contribution in [0.5, 0.6) is 0 Å². The first-order valence-corrected chi connectivity index (χ1v) is 6.96. The minimum absolute atomic E-state index is 0.0343. The zero-order chi connectivity index (χ0) is 13.3. The summed E-state index contributed by atoms with van der Waals surface area (Å²) in [6, 6.07) is 2.93. The molecule has 0 spiro atoms. The molecular formula is C9H8Cl2N4O2S. The van der Waals surface area contributed by atoms with Crippen molar-refractivity contribution in [1.82, 2.24) is 14.8 Å². The van der Waals surface area contributed by atoms with E-state index in [9.17, 15) is 8.42 Å². The van der Waals surface area contributed by atoms with E-state index in [1.807, 2.05) is 0 Å². The number of halogens is 2. The van der Waals surface area contributed by atoms with E-state index >= 15 is 0 Å². The van der Waals surface area contributed by atoms with Gasteiger partial charge >= 0.3 is 0 Å². The summed E-state index contributed by atoms with van der Waals surface area (Å²) in [6.45, 7) is 0. The first-order valence-electron chi connectivity index (χ1n) is 4.72. The van der Waals surface area contributed by atoms with Crippen LogP contribution in [0, 0.1) is 0 Å². The van der Waals surface area contributed by atoms with Crippen molar-refractivity contribution >= 4 is 39.0 Å². The molecule has 0 aliphatic heterocycles. The Morgan fingerprint density at radius 2 is 2.11 bits per heavy atom. The fourth-order valence-corrected chi connectivity index (χ4v) is 3.17. The van der Waals surface area contributed by atoms with Crippen molar-refractivity contribution in [3.63, 3.8) is 0 Å². The molecule has 0 radical (unpaired) electrons. The normalized spacial score (nSPS) is 11.5. The van der Waals surface area contributed by atoms with Gasteiger partial charge in [0.2, 0.25) is 0 Å². The summed E-state index contributed by atoms with van der Waals surface area (Å²) in [5.74, 6) is 0.111. The molecule has 2 aromatic heterocycles. The van der Waals surface area contributed by atoms with Crippen LogP contribution in [0.25, 0.3) is 0 Å². The van der Waals surface area contributed by atoms with Gasteiger partial charge < -0.3 is 0 Å². The summed E-state index contributed by atoms with van der Waals surface area (Å²) in [6.07, 6.45) is 2.65. The smallest absolute Gasteiger partial charge is 0.262 e. The predicted molar refractivity (Wildman–Crippen MR) is 68.3 cm³/mol. The molecule has 0 fully saturated rings. The number of rotatable bonds is 3. The summed E-state index contributed by atoms with van der Waals surface area (Å²) in [7, 11) is -2.37. The standard InChI is InChI=1S/C9H8Cl2N4O2S/c1-15-9(7(11)5-13-15)18(16,17)14-8-4-6(10)2-3-12-8/h2-5H,1H3,(H,12,14). The Morgan fingerprint density at radius 3 is 2.67 bits per heavy atom. The lowest BCUT2D eigenvalue weighted by Crippen LogP contribution is -2.17. The van der Waals surface area contributed by atoms with E-state index in [1.54, 1.807) is 0 Å². The molecule has 18 heavy (non-hydrogen) atoms. The third-order valence-electron chi connectivity index (χ3n) is 2.06. The van der Waals surface area contributed by atoms with E-state index in [1.165, 1.54) is 31.6 Å². The molecular weight excluding hydrogens is 299 g/mol. The summed E-state index contributed by atoms with van der Waals surface area (Å²) in [5, 5.41) is 4.04. The largest absolute Gasteiger partial charge is 0.281 e. The zero-order valence-electron chi connectivity index (χ0n) is 9.13. The molecule has 96 valence electrons. The van der Waals surface area contributed by atoms with Gasteiger partial charge in [0, 0.05) is 24.3 Å². The molecule has 9 heteroatoms. The van der Waals surface area contributed by atoms with E-state index in [4.69, 9.17) is 23.2 Å². The second kappa shape index (κ2) is 4.75. The summed E-state index contributed by atoms with van der Waals surface area (Å²) >= 11 is 11.5. The molecule has 2 rings (SSSR count). The third kappa shape index (κ3) is 2.58. The highest BCUT2D eigenvalue weighted by atomic mass is 35.5. The van der Waals surface area contributed by atoms with Gasteiger partial charge in [-0.1, -0.05) is 23.2 Å². The minimum Gasteiger partial charge on any atom is -0.262 e. The average Bonchev–Trinajstić information content (AvgIpc) is 2.58. The fraction of sp³-hybridized carbons (Fsp3) is 0.111. The molecule has 0 amide bonds. The monoisotopic (exact) mass is 306 g/mol. The number of hydrogen-bond donors (Lipinski definition) is 1. The van der Waals surface area contributed by atoms with E-state index in [2.05, 4.69) is 14.8 Å². The number of pyridine rings is 1. The molecule has 0 unspecified atom stereocenters. The van der Waals surface area contributed by atoms with E-state index in [0.717, 1.165) is 4.68 Å². The lowest BCUT2D eigenvalue weighted by atomic mass is 10.5. The van der Waals surface area contributed by atoms with E-state index in [0.29, 0.717) is 5.02 Å². The van der Waals surface area contributed by atoms with Crippen LogP contribution in [-0.2, 0) is 17.1 Å². The maximum absolute atomic E-state index is 12.1. The van der Waals surface area contributed by atoms with Crippen LogP contribution >= 0.6 is 23.2 Å². The van der Waals surface area contributed by atoms with Gasteiger partial charge in [0.25, 0.3) is 10.0 Å². The molecule has 0 atom stereocenters. The Bertz CT molecular complexity index is 664. The molecule has 1 N–H and O–H groups in total. The Labute approximate surface area is 114 Å². The van der Waals surface area contributed by atoms with Gasteiger partial charge in [-0.2, -0.15) is 13.5 Å². The Balaban J connectivity index is 2.39. The van der Waals surface area contributed by atoms with Crippen molar-refractivity contribution in [1.29, 1.82) is 0 Å². The van der Waals surface area contributed by atoms with Crippen molar-refractivity contribution in [2.24, 2.45) is 7.05 Å². The van der Waals surface area contributed by atoms with Crippen LogP contribution in [0.3, 0.4) is 0 Å². The average molecular weight is 307 g/mol. The van der Waals surface area contributed by atoms with Crippen LogP contribution in [0.15, 0.2) is 29.6 Å². The van der Waals surface area contributed by atoms with Gasteiger partial charge in [-0.25, -0.2) is 4.98 Å². The molecule has 2 aromatic rings. The van der Waals surface area contributed by atoms with Gasteiger partial charge in [-0.15, -0.1) is 0 Å². The highest BCUT2D eigenvalue weighted by Crippen LogP contribution is 2.22. The number of sulfonamides is 1. The molecule has 0 aliphatic carbocycles. The molecule has 0 saturated carbocycles. The second-order valence-electron chi connectivity index (χ2n) is 3.39. The Kier molecular flexibility index (Phi) is 3.47. The van der Waals surface area contributed by atoms with Gasteiger partial charge in [0.1, 0.15) is 5.82 Å². The van der Waals surface area contributed by atoms with Crippen LogP contribution in [0.1, 0.15) is 0 Å². The van der Waals surface area contributed by atoms with Crippen LogP contribution < -0.4 is 4.72 Å². The lowest BCUT2D eigenvalue weighted by molar-refractivity contribution is 0.582. The molecule has 0 bridgehead atoms. The maximum atomic E-state index is 12.1. The molecule has 0 saturated heterocycles. The molecule has 0 aliphatic rings. The predicted octanol–water partition coefficient (Wildman–Crippen LogP) is 1.92. The first kappa shape index (κ1) is 13.1. The van der Waals surface area contributed by atoms with E-state index < -0.39 is 10.0 Å². The highest BCUT2D eigenvalue weighted by molar-refractivity contribution is 7.92. The van der Waals surface area contributed by atoms with E-state index in [-0.39, 0.29) is 15.9 Å². The SMILES string of the molecule is Cn1ncc(Cl)c1S(=O)(=O)Nc1cc(Cl)ccn1. The van der Waals surface area contributed by atoms with Crippen LogP contribution in [0.2, 0.25) is 10.0 Å². The highest BCUT2D eigenvalue weighted by Gasteiger charge is 2.23. The number of aromatic nitrogens is 3. The fourth-order valence-electron chi connectivity index (χ4n) is 1.35. The number of anilines is 1. The van der Waals surface area contributed by atoms with Crippen molar-refractivity contribution in [3.8, 4) is 0 Å². The second-order valence-corrected chi connectivity index (χ2v) is 5.83. The maximum Gasteiger partial charge on any atom is 0.281 e.